The summed E-state index contributed by atoms with van der Waals surface area (Å²) >= 11 is 0. The van der Waals surface area contributed by atoms with Gasteiger partial charge in [0, 0.05) is 44.5 Å². The number of halogens is 3. The van der Waals surface area contributed by atoms with Gasteiger partial charge in [0.05, 0.1) is 0 Å². The fraction of sp³-hybridized carbons (Fsp3) is 0.588. The molecule has 1 amide bonds. The van der Waals surface area contributed by atoms with Crippen molar-refractivity contribution in [1.82, 2.24) is 10.2 Å². The molecule has 0 saturated carbocycles. The fourth-order valence-corrected chi connectivity index (χ4v) is 3.54. The van der Waals surface area contributed by atoms with Crippen LogP contribution in [-0.4, -0.2) is 55.7 Å². The first-order valence-electron chi connectivity index (χ1n) is 8.31. The molecule has 0 aliphatic carbocycles. The van der Waals surface area contributed by atoms with Crippen LogP contribution in [0.2, 0.25) is 0 Å². The van der Waals surface area contributed by atoms with Crippen molar-refractivity contribution in [3.8, 4) is 0 Å². The van der Waals surface area contributed by atoms with Gasteiger partial charge in [0.2, 0.25) is 0 Å². The van der Waals surface area contributed by atoms with Gasteiger partial charge in [-0.3, -0.25) is 9.69 Å². The van der Waals surface area contributed by atoms with Crippen LogP contribution in [0.25, 0.3) is 0 Å². The summed E-state index contributed by atoms with van der Waals surface area (Å²) in [6, 6.07) is 5.85. The molecule has 0 spiro atoms. The van der Waals surface area contributed by atoms with Crippen molar-refractivity contribution in [3.05, 3.63) is 29.3 Å². The first kappa shape index (κ1) is 17.2. The summed E-state index contributed by atoms with van der Waals surface area (Å²) in [7, 11) is 0. The van der Waals surface area contributed by atoms with Gasteiger partial charge in [0.15, 0.2) is 0 Å². The van der Waals surface area contributed by atoms with Crippen LogP contribution in [0.1, 0.15) is 18.1 Å². The number of anilines is 1. The lowest BCUT2D eigenvalue weighted by Gasteiger charge is -2.33. The molecule has 7 heteroatoms. The first-order chi connectivity index (χ1) is 11.4. The minimum atomic E-state index is -4.82. The van der Waals surface area contributed by atoms with Gasteiger partial charge in [0.1, 0.15) is 0 Å². The van der Waals surface area contributed by atoms with Crippen LogP contribution in [0.5, 0.6) is 0 Å². The van der Waals surface area contributed by atoms with Crippen LogP contribution in [-0.2, 0) is 17.6 Å². The monoisotopic (exact) mass is 341 g/mol. The van der Waals surface area contributed by atoms with E-state index in [0.29, 0.717) is 18.2 Å². The molecule has 1 N–H and O–H groups in total. The van der Waals surface area contributed by atoms with E-state index >= 15 is 0 Å². The van der Waals surface area contributed by atoms with E-state index in [1.807, 2.05) is 12.1 Å². The van der Waals surface area contributed by atoms with E-state index < -0.39 is 12.1 Å². The molecule has 2 heterocycles. The van der Waals surface area contributed by atoms with Gasteiger partial charge in [-0.15, -0.1) is 0 Å². The molecular formula is C17H22F3N3O. The molecule has 3 rings (SSSR count). The number of fused-ring (bicyclic) bond motifs is 1. The molecule has 1 fully saturated rings. The molecule has 1 aromatic rings. The van der Waals surface area contributed by atoms with Crippen molar-refractivity contribution in [2.45, 2.75) is 32.0 Å². The molecule has 0 radical (unpaired) electrons. The minimum absolute atomic E-state index is 0.102. The summed E-state index contributed by atoms with van der Waals surface area (Å²) < 4.78 is 38.0. The Hall–Kier alpha value is -1.60. The highest BCUT2D eigenvalue weighted by molar-refractivity contribution is 5.99. The Balaban J connectivity index is 1.70. The standard InChI is InChI=1S/C17H22F3N3O/c1-12(22-8-5-21-6-9-22)10-13-2-3-15-14(11-13)4-7-23(15)16(24)17(18,19)20/h2-3,11-12,21H,4-10H2,1H3. The van der Waals surface area contributed by atoms with Crippen LogP contribution in [0.15, 0.2) is 18.2 Å². The van der Waals surface area contributed by atoms with Gasteiger partial charge in [-0.25, -0.2) is 0 Å². The third kappa shape index (κ3) is 3.57. The van der Waals surface area contributed by atoms with Crippen molar-refractivity contribution >= 4 is 11.6 Å². The molecule has 132 valence electrons. The van der Waals surface area contributed by atoms with Crippen LogP contribution >= 0.6 is 0 Å². The number of alkyl halides is 3. The smallest absolute Gasteiger partial charge is 0.314 e. The van der Waals surface area contributed by atoms with Gasteiger partial charge >= 0.3 is 12.1 Å². The molecule has 1 unspecified atom stereocenters. The number of hydrogen-bond acceptors (Lipinski definition) is 3. The maximum atomic E-state index is 12.7. The zero-order valence-electron chi connectivity index (χ0n) is 13.7. The number of benzene rings is 1. The minimum Gasteiger partial charge on any atom is -0.314 e. The average Bonchev–Trinajstić information content (AvgIpc) is 2.97. The molecule has 24 heavy (non-hydrogen) atoms. The predicted molar refractivity (Wildman–Crippen MR) is 86.2 cm³/mol. The Kier molecular flexibility index (Phi) is 4.83. The van der Waals surface area contributed by atoms with Gasteiger partial charge in [-0.1, -0.05) is 12.1 Å². The van der Waals surface area contributed by atoms with Gasteiger partial charge < -0.3 is 10.2 Å². The van der Waals surface area contributed by atoms with Crippen LogP contribution in [0.3, 0.4) is 0 Å². The Labute approximate surface area is 139 Å². The van der Waals surface area contributed by atoms with Gasteiger partial charge in [-0.05, 0) is 37.0 Å². The highest BCUT2D eigenvalue weighted by Crippen LogP contribution is 2.32. The molecule has 1 atom stereocenters. The van der Waals surface area contributed by atoms with E-state index in [-0.39, 0.29) is 6.54 Å². The Morgan fingerprint density at radius 2 is 1.96 bits per heavy atom. The quantitative estimate of drug-likeness (QED) is 0.913. The van der Waals surface area contributed by atoms with Crippen molar-refractivity contribution in [2.24, 2.45) is 0 Å². The fourth-order valence-electron chi connectivity index (χ4n) is 3.54. The van der Waals surface area contributed by atoms with Gasteiger partial charge in [0.25, 0.3) is 0 Å². The van der Waals surface area contributed by atoms with Crippen molar-refractivity contribution in [3.63, 3.8) is 0 Å². The summed E-state index contributed by atoms with van der Waals surface area (Å²) in [6.45, 7) is 6.29. The topological polar surface area (TPSA) is 35.6 Å². The Morgan fingerprint density at radius 3 is 2.62 bits per heavy atom. The molecular weight excluding hydrogens is 319 g/mol. The van der Waals surface area contributed by atoms with Crippen molar-refractivity contribution in [2.75, 3.05) is 37.6 Å². The molecule has 2 aliphatic rings. The normalized spacial score (nSPS) is 20.1. The molecule has 1 saturated heterocycles. The predicted octanol–water partition coefficient (Wildman–Crippen LogP) is 1.97. The number of carbonyl (C=O) groups excluding carboxylic acids is 1. The third-order valence-corrected chi connectivity index (χ3v) is 4.83. The molecule has 0 bridgehead atoms. The summed E-state index contributed by atoms with van der Waals surface area (Å²) in [5.41, 5.74) is 2.34. The average molecular weight is 341 g/mol. The molecule has 4 nitrogen and oxygen atoms in total. The van der Waals surface area contributed by atoms with E-state index in [9.17, 15) is 18.0 Å². The van der Waals surface area contributed by atoms with Crippen molar-refractivity contribution < 1.29 is 18.0 Å². The number of nitrogens with one attached hydrogen (secondary N) is 1. The largest absolute Gasteiger partial charge is 0.471 e. The van der Waals surface area contributed by atoms with Gasteiger partial charge in [-0.2, -0.15) is 13.2 Å². The summed E-state index contributed by atoms with van der Waals surface area (Å²) in [5.74, 6) is -1.77. The number of piperazine rings is 1. The maximum Gasteiger partial charge on any atom is 0.471 e. The lowest BCUT2D eigenvalue weighted by Crippen LogP contribution is -2.48. The number of rotatable bonds is 3. The lowest BCUT2D eigenvalue weighted by atomic mass is 10.0. The third-order valence-electron chi connectivity index (χ3n) is 4.83. The van der Waals surface area contributed by atoms with E-state index in [4.69, 9.17) is 0 Å². The van der Waals surface area contributed by atoms with Crippen LogP contribution in [0, 0.1) is 0 Å². The lowest BCUT2D eigenvalue weighted by molar-refractivity contribution is -0.170. The summed E-state index contributed by atoms with van der Waals surface area (Å²) in [5, 5.41) is 3.32. The zero-order chi connectivity index (χ0) is 17.3. The molecule has 1 aromatic carbocycles. The second-order valence-electron chi connectivity index (χ2n) is 6.51. The SMILES string of the molecule is CC(Cc1ccc2c(c1)CCN2C(=O)C(F)(F)F)N1CCNCC1. The highest BCUT2D eigenvalue weighted by atomic mass is 19.4. The molecule has 0 aromatic heterocycles. The Bertz CT molecular complexity index is 612. The first-order valence-corrected chi connectivity index (χ1v) is 8.31. The van der Waals surface area contributed by atoms with Crippen molar-refractivity contribution in [1.29, 1.82) is 0 Å². The van der Waals surface area contributed by atoms with E-state index in [0.717, 1.165) is 48.6 Å². The second kappa shape index (κ2) is 6.72. The van der Waals surface area contributed by atoms with E-state index in [1.54, 1.807) is 6.07 Å². The summed E-state index contributed by atoms with van der Waals surface area (Å²) in [6.07, 6.45) is -3.48. The number of amides is 1. The number of nitrogens with zero attached hydrogens (tertiary/aromatic N) is 2. The molecule has 2 aliphatic heterocycles. The zero-order valence-corrected chi connectivity index (χ0v) is 13.7. The number of hydrogen-bond donors (Lipinski definition) is 1. The maximum absolute atomic E-state index is 12.7. The van der Waals surface area contributed by atoms with Crippen LogP contribution in [0.4, 0.5) is 18.9 Å². The van der Waals surface area contributed by atoms with E-state index in [2.05, 4.69) is 17.1 Å². The summed E-state index contributed by atoms with van der Waals surface area (Å²) in [4.78, 5) is 14.8. The highest BCUT2D eigenvalue weighted by Gasteiger charge is 2.44. The Morgan fingerprint density at radius 1 is 1.25 bits per heavy atom. The second-order valence-corrected chi connectivity index (χ2v) is 6.51. The van der Waals surface area contributed by atoms with E-state index in [1.165, 1.54) is 0 Å². The number of carbonyl (C=O) groups is 1. The van der Waals surface area contributed by atoms with Crippen LogP contribution < -0.4 is 10.2 Å².